The number of benzene rings is 1. The second-order valence-electron chi connectivity index (χ2n) is 5.52. The molecule has 0 radical (unpaired) electrons. The number of amides is 1. The van der Waals surface area contributed by atoms with Gasteiger partial charge < -0.3 is 10.3 Å². The van der Waals surface area contributed by atoms with Gasteiger partial charge in [-0.2, -0.15) is 9.78 Å². The van der Waals surface area contributed by atoms with Crippen molar-refractivity contribution in [3.63, 3.8) is 0 Å². The van der Waals surface area contributed by atoms with Crippen LogP contribution in [0, 0.1) is 6.92 Å². The minimum Gasteiger partial charge on any atom is -0.364 e. The fraction of sp³-hybridized carbons (Fsp3) is 0.235. The maximum atomic E-state index is 12.6. The molecule has 24 heavy (non-hydrogen) atoms. The summed E-state index contributed by atoms with van der Waals surface area (Å²) >= 11 is 5.90. The summed E-state index contributed by atoms with van der Waals surface area (Å²) < 4.78 is 1.39. The lowest BCUT2D eigenvalue weighted by Crippen LogP contribution is -2.14. The average molecular weight is 345 g/mol. The van der Waals surface area contributed by atoms with Crippen molar-refractivity contribution >= 4 is 18.0 Å². The Morgan fingerprint density at radius 1 is 1.33 bits per heavy atom. The van der Waals surface area contributed by atoms with Crippen LogP contribution in [0.4, 0.5) is 0 Å². The first-order valence-corrected chi connectivity index (χ1v) is 8.02. The van der Waals surface area contributed by atoms with Gasteiger partial charge >= 0.3 is 0 Å². The van der Waals surface area contributed by atoms with Crippen LogP contribution < -0.4 is 10.9 Å². The van der Waals surface area contributed by atoms with E-state index >= 15 is 0 Å². The molecule has 0 saturated carbocycles. The molecule has 0 aliphatic carbocycles. The van der Waals surface area contributed by atoms with Crippen molar-refractivity contribution in [3.05, 3.63) is 57.1 Å². The van der Waals surface area contributed by atoms with Crippen molar-refractivity contribution in [2.45, 2.75) is 19.8 Å². The van der Waals surface area contributed by atoms with Gasteiger partial charge in [0.2, 0.25) is 6.41 Å². The molecule has 124 valence electrons. The Balaban J connectivity index is 2.02. The number of halogens is 1. The average Bonchev–Trinajstić information content (AvgIpc) is 2.91. The molecule has 7 heteroatoms. The number of nitrogens with one attached hydrogen (secondary N) is 2. The van der Waals surface area contributed by atoms with Crippen LogP contribution in [0.25, 0.3) is 16.9 Å². The number of fused-ring (bicyclic) bond motifs is 1. The van der Waals surface area contributed by atoms with Crippen molar-refractivity contribution in [1.82, 2.24) is 20.1 Å². The molecule has 1 aromatic carbocycles. The molecule has 1 amide bonds. The molecule has 0 fully saturated rings. The molecule has 0 aromatic heterocycles. The van der Waals surface area contributed by atoms with E-state index in [1.54, 1.807) is 30.5 Å². The minimum absolute atomic E-state index is 0.171. The number of nitrogens with zero attached hydrogens (tertiary/aromatic N) is 2. The molecule has 2 heterocycles. The highest BCUT2D eigenvalue weighted by Crippen LogP contribution is 2.24. The molecule has 0 unspecified atom stereocenters. The third-order valence-electron chi connectivity index (χ3n) is 3.95. The second kappa shape index (κ2) is 6.88. The summed E-state index contributed by atoms with van der Waals surface area (Å²) in [6, 6.07) is 6.98. The van der Waals surface area contributed by atoms with Crippen LogP contribution in [0.5, 0.6) is 0 Å². The topological polar surface area (TPSA) is 79.8 Å². The zero-order valence-electron chi connectivity index (χ0n) is 13.2. The second-order valence-corrected chi connectivity index (χ2v) is 5.96. The van der Waals surface area contributed by atoms with E-state index in [9.17, 15) is 9.59 Å². The number of aryl methyl sites for hydroxylation is 1. The van der Waals surface area contributed by atoms with Gasteiger partial charge in [-0.15, -0.1) is 0 Å². The summed E-state index contributed by atoms with van der Waals surface area (Å²) in [7, 11) is 0. The lowest BCUT2D eigenvalue weighted by atomic mass is 10.0. The number of hydrogen-bond donors (Lipinski definition) is 2. The van der Waals surface area contributed by atoms with E-state index in [1.165, 1.54) is 4.68 Å². The first-order chi connectivity index (χ1) is 11.6. The highest BCUT2D eigenvalue weighted by molar-refractivity contribution is 6.30. The van der Waals surface area contributed by atoms with Gasteiger partial charge in [-0.1, -0.05) is 11.6 Å². The van der Waals surface area contributed by atoms with Gasteiger partial charge in [0.15, 0.2) is 0 Å². The number of carbonyl (C=O) groups excluding carboxylic acids is 1. The van der Waals surface area contributed by atoms with E-state index in [-0.39, 0.29) is 5.56 Å². The monoisotopic (exact) mass is 344 g/mol. The molecule has 0 saturated heterocycles. The number of aromatic nitrogens is 3. The first-order valence-electron chi connectivity index (χ1n) is 7.64. The van der Waals surface area contributed by atoms with Gasteiger partial charge in [-0.25, -0.2) is 0 Å². The third kappa shape index (κ3) is 3.05. The predicted octanol–water partition coefficient (Wildman–Crippen LogP) is 2.31. The SMILES string of the molecule is Cc1[nH]cc2c(=O)n(-c3ccc(Cl)cc3)nc-2c1CCCNC=O. The number of rotatable bonds is 6. The molecule has 2 aliphatic rings. The van der Waals surface area contributed by atoms with Crippen LogP contribution in [-0.2, 0) is 11.2 Å². The van der Waals surface area contributed by atoms with Crippen LogP contribution in [0.15, 0.2) is 35.3 Å². The molecule has 2 aliphatic heterocycles. The molecule has 6 nitrogen and oxygen atoms in total. The van der Waals surface area contributed by atoms with Crippen LogP contribution in [0.2, 0.25) is 5.02 Å². The normalized spacial score (nSPS) is 10.9. The van der Waals surface area contributed by atoms with E-state index in [1.807, 2.05) is 6.92 Å². The highest BCUT2D eigenvalue weighted by atomic mass is 35.5. The van der Waals surface area contributed by atoms with Gasteiger partial charge in [0.1, 0.15) is 5.69 Å². The van der Waals surface area contributed by atoms with Gasteiger partial charge in [0.05, 0.1) is 11.3 Å². The summed E-state index contributed by atoms with van der Waals surface area (Å²) in [4.78, 5) is 26.1. The third-order valence-corrected chi connectivity index (χ3v) is 4.20. The Kier molecular flexibility index (Phi) is 4.66. The fourth-order valence-corrected chi connectivity index (χ4v) is 2.83. The predicted molar refractivity (Wildman–Crippen MR) is 92.9 cm³/mol. The lowest BCUT2D eigenvalue weighted by molar-refractivity contribution is -0.109. The number of H-pyrrole nitrogens is 1. The Morgan fingerprint density at radius 3 is 2.79 bits per heavy atom. The van der Waals surface area contributed by atoms with Gasteiger partial charge in [0, 0.05) is 23.5 Å². The molecular formula is C17H17ClN4O2. The standard InChI is InChI=1S/C17H17ClN4O2/c1-11-14(3-2-8-19-10-23)16-15(9-20-11)17(24)22(21-16)13-6-4-12(18)5-7-13/h4-7,9-10,20H,2-3,8H2,1H3,(H,19,23). The molecule has 2 N–H and O–H groups in total. The molecule has 0 spiro atoms. The Bertz CT molecular complexity index is 883. The zero-order valence-corrected chi connectivity index (χ0v) is 13.9. The Morgan fingerprint density at radius 2 is 2.08 bits per heavy atom. The van der Waals surface area contributed by atoms with Crippen LogP contribution in [-0.4, -0.2) is 27.7 Å². The summed E-state index contributed by atoms with van der Waals surface area (Å²) in [5.74, 6) is 0. The maximum absolute atomic E-state index is 12.6. The van der Waals surface area contributed by atoms with E-state index in [0.29, 0.717) is 34.9 Å². The fourth-order valence-electron chi connectivity index (χ4n) is 2.70. The van der Waals surface area contributed by atoms with Gasteiger partial charge in [0.25, 0.3) is 5.56 Å². The van der Waals surface area contributed by atoms with Crippen molar-refractivity contribution < 1.29 is 4.79 Å². The van der Waals surface area contributed by atoms with E-state index in [0.717, 1.165) is 24.1 Å². The van der Waals surface area contributed by atoms with Gasteiger partial charge in [-0.3, -0.25) is 9.59 Å². The molecule has 0 bridgehead atoms. The summed E-state index contributed by atoms with van der Waals surface area (Å²) in [6.45, 7) is 2.54. The lowest BCUT2D eigenvalue weighted by Gasteiger charge is -2.09. The van der Waals surface area contributed by atoms with Crippen molar-refractivity contribution in [1.29, 1.82) is 0 Å². The van der Waals surface area contributed by atoms with Crippen LogP contribution in [0.1, 0.15) is 17.7 Å². The van der Waals surface area contributed by atoms with E-state index in [2.05, 4.69) is 15.4 Å². The molecule has 3 rings (SSSR count). The number of pyridine rings is 1. The Hall–Kier alpha value is -2.60. The van der Waals surface area contributed by atoms with E-state index in [4.69, 9.17) is 11.6 Å². The summed E-state index contributed by atoms with van der Waals surface area (Å²) in [6.07, 6.45) is 3.87. The van der Waals surface area contributed by atoms with Gasteiger partial charge in [-0.05, 0) is 49.6 Å². The summed E-state index contributed by atoms with van der Waals surface area (Å²) in [5.41, 5.74) is 3.70. The number of carbonyl (C=O) groups is 1. The van der Waals surface area contributed by atoms with Crippen molar-refractivity contribution in [3.8, 4) is 16.9 Å². The number of aromatic amines is 1. The minimum atomic E-state index is -0.171. The van der Waals surface area contributed by atoms with Crippen LogP contribution >= 0.6 is 11.6 Å². The van der Waals surface area contributed by atoms with Crippen molar-refractivity contribution in [2.75, 3.05) is 6.54 Å². The quantitative estimate of drug-likeness (QED) is 0.532. The largest absolute Gasteiger partial charge is 0.364 e. The van der Waals surface area contributed by atoms with E-state index < -0.39 is 0 Å². The smallest absolute Gasteiger partial charge is 0.282 e. The maximum Gasteiger partial charge on any atom is 0.282 e. The highest BCUT2D eigenvalue weighted by Gasteiger charge is 2.20. The van der Waals surface area contributed by atoms with Crippen molar-refractivity contribution in [2.24, 2.45) is 0 Å². The molecule has 0 atom stereocenters. The Labute approximate surface area is 143 Å². The first kappa shape index (κ1) is 16.3. The summed E-state index contributed by atoms with van der Waals surface area (Å²) in [5, 5.41) is 7.77. The zero-order chi connectivity index (χ0) is 17.1. The number of hydrogen-bond acceptors (Lipinski definition) is 3. The molecular weight excluding hydrogens is 328 g/mol. The molecule has 1 aromatic rings. The van der Waals surface area contributed by atoms with Crippen LogP contribution in [0.3, 0.4) is 0 Å².